The molecule has 0 bridgehead atoms. The smallest absolute Gasteiger partial charge is 0.295 e. The fourth-order valence-electron chi connectivity index (χ4n) is 2.97. The minimum Gasteiger partial charge on any atom is -0.507 e. The van der Waals surface area contributed by atoms with E-state index in [2.05, 4.69) is 0 Å². The second-order valence-corrected chi connectivity index (χ2v) is 6.71. The van der Waals surface area contributed by atoms with Gasteiger partial charge in [-0.15, -0.1) is 11.3 Å². The van der Waals surface area contributed by atoms with Gasteiger partial charge in [0.05, 0.1) is 25.3 Å². The van der Waals surface area contributed by atoms with Crippen LogP contribution in [0, 0.1) is 0 Å². The van der Waals surface area contributed by atoms with Crippen LogP contribution in [-0.2, 0) is 14.3 Å². The van der Waals surface area contributed by atoms with Crippen LogP contribution < -0.4 is 4.74 Å². The first-order chi connectivity index (χ1) is 12.6. The summed E-state index contributed by atoms with van der Waals surface area (Å²) in [6.07, 6.45) is 0. The van der Waals surface area contributed by atoms with Crippen molar-refractivity contribution in [3.8, 4) is 5.75 Å². The van der Waals surface area contributed by atoms with E-state index in [4.69, 9.17) is 9.47 Å². The average Bonchev–Trinajstić information content (AvgIpc) is 3.27. The van der Waals surface area contributed by atoms with Gasteiger partial charge in [0.1, 0.15) is 11.5 Å². The predicted octanol–water partition coefficient (Wildman–Crippen LogP) is 2.82. The summed E-state index contributed by atoms with van der Waals surface area (Å²) >= 11 is 1.43. The van der Waals surface area contributed by atoms with Gasteiger partial charge in [-0.05, 0) is 23.6 Å². The van der Waals surface area contributed by atoms with E-state index >= 15 is 0 Å². The molecule has 1 amide bonds. The molecule has 0 saturated carbocycles. The zero-order chi connectivity index (χ0) is 18.7. The first kappa shape index (κ1) is 18.2. The highest BCUT2D eigenvalue weighted by molar-refractivity contribution is 7.10. The Hall–Kier alpha value is -2.64. The van der Waals surface area contributed by atoms with Gasteiger partial charge in [0.25, 0.3) is 11.7 Å². The number of likely N-dealkylation sites (tertiary alicyclic amines) is 1. The number of amides is 1. The van der Waals surface area contributed by atoms with Crippen molar-refractivity contribution in [2.24, 2.45) is 0 Å². The van der Waals surface area contributed by atoms with Gasteiger partial charge in [0.15, 0.2) is 0 Å². The van der Waals surface area contributed by atoms with Crippen LogP contribution >= 0.6 is 11.3 Å². The van der Waals surface area contributed by atoms with Gasteiger partial charge in [0.2, 0.25) is 0 Å². The van der Waals surface area contributed by atoms with Gasteiger partial charge in [-0.25, -0.2) is 0 Å². The minimum atomic E-state index is -0.695. The van der Waals surface area contributed by atoms with Crippen molar-refractivity contribution in [1.29, 1.82) is 0 Å². The Labute approximate surface area is 155 Å². The second-order valence-electron chi connectivity index (χ2n) is 5.73. The van der Waals surface area contributed by atoms with Crippen molar-refractivity contribution < 1.29 is 24.2 Å². The Morgan fingerprint density at radius 2 is 2.04 bits per heavy atom. The van der Waals surface area contributed by atoms with Crippen molar-refractivity contribution in [3.63, 3.8) is 0 Å². The highest BCUT2D eigenvalue weighted by Gasteiger charge is 2.46. The molecule has 0 radical (unpaired) electrons. The Balaban J connectivity index is 2.12. The Kier molecular flexibility index (Phi) is 5.39. The topological polar surface area (TPSA) is 76.1 Å². The maximum atomic E-state index is 12.7. The van der Waals surface area contributed by atoms with E-state index in [1.807, 2.05) is 17.5 Å². The standard InChI is InChI=1S/C19H19NO5S/c1-24-9-8-20-16(14-7-4-10-26-14)15(18(22)19(20)23)17(21)12-5-3-6-13(11-12)25-2/h3-7,10-11,16,21H,8-9H2,1-2H3/t16-/m1/s1. The predicted molar refractivity (Wildman–Crippen MR) is 98.2 cm³/mol. The number of methoxy groups -OCH3 is 2. The number of thiophene rings is 1. The lowest BCUT2D eigenvalue weighted by Gasteiger charge is -2.23. The third-order valence-electron chi connectivity index (χ3n) is 4.23. The number of Topliss-reactive ketones (excluding diaryl/α,β-unsaturated/α-hetero) is 1. The molecule has 1 aromatic heterocycles. The lowest BCUT2D eigenvalue weighted by Crippen LogP contribution is -2.32. The molecule has 0 spiro atoms. The van der Waals surface area contributed by atoms with Gasteiger partial charge in [-0.3, -0.25) is 9.59 Å². The number of aliphatic hydroxyl groups excluding tert-OH is 1. The monoisotopic (exact) mass is 373 g/mol. The molecule has 1 N–H and O–H groups in total. The van der Waals surface area contributed by atoms with Crippen LogP contribution in [0.3, 0.4) is 0 Å². The van der Waals surface area contributed by atoms with Crippen molar-refractivity contribution in [1.82, 2.24) is 4.90 Å². The van der Waals surface area contributed by atoms with Crippen molar-refractivity contribution in [2.75, 3.05) is 27.4 Å². The van der Waals surface area contributed by atoms with Gasteiger partial charge < -0.3 is 19.5 Å². The van der Waals surface area contributed by atoms with Gasteiger partial charge >= 0.3 is 0 Å². The molecule has 1 aliphatic heterocycles. The molecule has 1 fully saturated rings. The molecule has 6 nitrogen and oxygen atoms in total. The zero-order valence-electron chi connectivity index (χ0n) is 14.5. The van der Waals surface area contributed by atoms with E-state index in [0.717, 1.165) is 4.88 Å². The van der Waals surface area contributed by atoms with Crippen LogP contribution in [0.1, 0.15) is 16.5 Å². The average molecular weight is 373 g/mol. The maximum absolute atomic E-state index is 12.7. The molecule has 26 heavy (non-hydrogen) atoms. The Morgan fingerprint density at radius 3 is 2.69 bits per heavy atom. The van der Waals surface area contributed by atoms with Crippen LogP contribution in [0.2, 0.25) is 0 Å². The largest absolute Gasteiger partial charge is 0.507 e. The molecular weight excluding hydrogens is 354 g/mol. The van der Waals surface area contributed by atoms with E-state index in [-0.39, 0.29) is 17.9 Å². The van der Waals surface area contributed by atoms with Gasteiger partial charge in [0, 0.05) is 24.1 Å². The third-order valence-corrected chi connectivity index (χ3v) is 5.16. The maximum Gasteiger partial charge on any atom is 0.295 e. The lowest BCUT2D eigenvalue weighted by atomic mass is 10.00. The molecular formula is C19H19NO5S. The molecule has 1 atom stereocenters. The summed E-state index contributed by atoms with van der Waals surface area (Å²) in [5, 5.41) is 12.7. The van der Waals surface area contributed by atoms with Crippen LogP contribution in [0.5, 0.6) is 5.75 Å². The summed E-state index contributed by atoms with van der Waals surface area (Å²) < 4.78 is 10.2. The fraction of sp³-hybridized carbons (Fsp3) is 0.263. The quantitative estimate of drug-likeness (QED) is 0.479. The molecule has 2 aromatic rings. The first-order valence-corrected chi connectivity index (χ1v) is 8.91. The number of carbonyl (C=O) groups excluding carboxylic acids is 2. The van der Waals surface area contributed by atoms with Crippen molar-refractivity contribution >= 4 is 28.8 Å². The van der Waals surface area contributed by atoms with E-state index in [0.29, 0.717) is 17.9 Å². The summed E-state index contributed by atoms with van der Waals surface area (Å²) in [6, 6.07) is 9.83. The number of carbonyl (C=O) groups is 2. The van der Waals surface area contributed by atoms with E-state index in [1.165, 1.54) is 30.5 Å². The normalized spacial score (nSPS) is 19.2. The molecule has 1 aromatic carbocycles. The zero-order valence-corrected chi connectivity index (χ0v) is 15.3. The highest BCUT2D eigenvalue weighted by Crippen LogP contribution is 2.41. The molecule has 1 saturated heterocycles. The number of rotatable bonds is 6. The summed E-state index contributed by atoms with van der Waals surface area (Å²) in [4.78, 5) is 27.5. The fourth-order valence-corrected chi connectivity index (χ4v) is 3.81. The molecule has 2 heterocycles. The minimum absolute atomic E-state index is 0.0850. The van der Waals surface area contributed by atoms with Crippen LogP contribution in [0.4, 0.5) is 0 Å². The van der Waals surface area contributed by atoms with Crippen LogP contribution in [0.15, 0.2) is 47.4 Å². The highest BCUT2D eigenvalue weighted by atomic mass is 32.1. The molecule has 136 valence electrons. The molecule has 1 aliphatic rings. The number of nitrogens with zero attached hydrogens (tertiary/aromatic N) is 1. The van der Waals surface area contributed by atoms with Crippen LogP contribution in [-0.4, -0.2) is 49.1 Å². The number of ether oxygens (including phenoxy) is 2. The van der Waals surface area contributed by atoms with Gasteiger partial charge in [-0.1, -0.05) is 18.2 Å². The molecule has 7 heteroatoms. The Morgan fingerprint density at radius 1 is 1.23 bits per heavy atom. The molecule has 3 rings (SSSR count). The van der Waals surface area contributed by atoms with Crippen molar-refractivity contribution in [3.05, 3.63) is 57.8 Å². The Bertz CT molecular complexity index is 843. The molecule has 0 unspecified atom stereocenters. The van der Waals surface area contributed by atoms with Gasteiger partial charge in [-0.2, -0.15) is 0 Å². The second kappa shape index (κ2) is 7.72. The van der Waals surface area contributed by atoms with E-state index in [9.17, 15) is 14.7 Å². The third kappa shape index (κ3) is 3.23. The number of ketones is 1. The number of benzene rings is 1. The summed E-state index contributed by atoms with van der Waals surface area (Å²) in [6.45, 7) is 0.562. The number of hydrogen-bond acceptors (Lipinski definition) is 6. The summed E-state index contributed by atoms with van der Waals surface area (Å²) in [7, 11) is 3.06. The molecule has 0 aliphatic carbocycles. The first-order valence-electron chi connectivity index (χ1n) is 8.03. The van der Waals surface area contributed by atoms with E-state index < -0.39 is 17.7 Å². The van der Waals surface area contributed by atoms with Crippen molar-refractivity contribution in [2.45, 2.75) is 6.04 Å². The SMILES string of the molecule is COCCN1C(=O)C(=O)C(=C(O)c2cccc(OC)c2)[C@H]1c1cccs1. The lowest BCUT2D eigenvalue weighted by molar-refractivity contribution is -0.140. The van der Waals surface area contributed by atoms with E-state index in [1.54, 1.807) is 24.3 Å². The summed E-state index contributed by atoms with van der Waals surface area (Å²) in [5.41, 5.74) is 0.512. The van der Waals surface area contributed by atoms with Crippen LogP contribution in [0.25, 0.3) is 5.76 Å². The number of aliphatic hydroxyl groups is 1. The summed E-state index contributed by atoms with van der Waals surface area (Å²) in [5.74, 6) is -0.986. The number of hydrogen-bond donors (Lipinski definition) is 1.